The molecule has 2 heterocycles. The summed E-state index contributed by atoms with van der Waals surface area (Å²) in [5.41, 5.74) is 0.934. The number of hydrogen-bond donors (Lipinski definition) is 1. The Morgan fingerprint density at radius 3 is 2.68 bits per heavy atom. The first-order chi connectivity index (χ1) is 13.5. The first-order valence-corrected chi connectivity index (χ1v) is 10.3. The third kappa shape index (κ3) is 4.97. The molecule has 1 fully saturated rings. The molecule has 0 aliphatic carbocycles. The van der Waals surface area contributed by atoms with Crippen molar-refractivity contribution < 1.29 is 14.0 Å². The largest absolute Gasteiger partial charge is 0.352 e. The van der Waals surface area contributed by atoms with Crippen LogP contribution in [0.1, 0.15) is 29.3 Å². The fourth-order valence-electron chi connectivity index (χ4n) is 3.60. The molecule has 5 nitrogen and oxygen atoms in total. The van der Waals surface area contributed by atoms with E-state index >= 15 is 0 Å². The van der Waals surface area contributed by atoms with Crippen LogP contribution >= 0.6 is 11.3 Å². The lowest BCUT2D eigenvalue weighted by Gasteiger charge is -2.28. The second-order valence-corrected chi connectivity index (χ2v) is 8.31. The van der Waals surface area contributed by atoms with Crippen molar-refractivity contribution in [2.24, 2.45) is 0 Å². The fraction of sp³-hybridized carbons (Fsp3) is 0.429. The van der Waals surface area contributed by atoms with Gasteiger partial charge in [0.1, 0.15) is 11.9 Å². The summed E-state index contributed by atoms with van der Waals surface area (Å²) in [4.78, 5) is 30.1. The van der Waals surface area contributed by atoms with E-state index in [2.05, 4.69) is 5.32 Å². The normalized spacial score (nSPS) is 17.7. The topological polar surface area (TPSA) is 52.7 Å². The van der Waals surface area contributed by atoms with E-state index in [4.69, 9.17) is 0 Å². The second-order valence-electron chi connectivity index (χ2n) is 7.28. The Hall–Kier alpha value is -2.25. The molecule has 2 atom stereocenters. The predicted molar refractivity (Wildman–Crippen MR) is 109 cm³/mol. The number of nitrogens with one attached hydrogen (secondary N) is 1. The van der Waals surface area contributed by atoms with Crippen LogP contribution in [0.3, 0.4) is 0 Å². The Morgan fingerprint density at radius 1 is 1.29 bits per heavy atom. The van der Waals surface area contributed by atoms with Crippen molar-refractivity contribution in [3.63, 3.8) is 0 Å². The number of carbonyl (C=O) groups is 2. The van der Waals surface area contributed by atoms with E-state index in [0.717, 1.165) is 16.9 Å². The van der Waals surface area contributed by atoms with Crippen LogP contribution in [0, 0.1) is 5.82 Å². The summed E-state index contributed by atoms with van der Waals surface area (Å²) in [5.74, 6) is -0.398. The van der Waals surface area contributed by atoms with Gasteiger partial charge in [0.15, 0.2) is 0 Å². The Balaban J connectivity index is 1.60. The van der Waals surface area contributed by atoms with Crippen LogP contribution in [-0.4, -0.2) is 54.8 Å². The van der Waals surface area contributed by atoms with Gasteiger partial charge >= 0.3 is 0 Å². The summed E-state index contributed by atoms with van der Waals surface area (Å²) in [6.45, 7) is 1.03. The van der Waals surface area contributed by atoms with Gasteiger partial charge < -0.3 is 15.1 Å². The van der Waals surface area contributed by atoms with Crippen molar-refractivity contribution in [2.45, 2.75) is 31.3 Å². The highest BCUT2D eigenvalue weighted by Gasteiger charge is 2.34. The molecule has 0 bridgehead atoms. The molecule has 0 spiro atoms. The number of rotatable bonds is 7. The summed E-state index contributed by atoms with van der Waals surface area (Å²) < 4.78 is 13.2. The zero-order valence-electron chi connectivity index (χ0n) is 16.2. The van der Waals surface area contributed by atoms with E-state index in [1.54, 1.807) is 28.4 Å². The van der Waals surface area contributed by atoms with Crippen molar-refractivity contribution in [3.8, 4) is 0 Å². The molecule has 150 valence electrons. The van der Waals surface area contributed by atoms with Crippen molar-refractivity contribution in [1.82, 2.24) is 15.1 Å². The quantitative estimate of drug-likeness (QED) is 0.774. The third-order valence-corrected chi connectivity index (χ3v) is 6.01. The van der Waals surface area contributed by atoms with Crippen molar-refractivity contribution >= 4 is 23.2 Å². The average molecular weight is 404 g/mol. The lowest BCUT2D eigenvalue weighted by molar-refractivity contribution is -0.138. The number of benzene rings is 1. The molecule has 3 rings (SSSR count). The summed E-state index contributed by atoms with van der Waals surface area (Å²) >= 11 is 1.56. The van der Waals surface area contributed by atoms with E-state index in [1.807, 2.05) is 36.5 Å². The molecule has 1 aromatic carbocycles. The standard InChI is InChI=1S/C21H26FN3O2S/c1-24(2)19(15-7-9-16(22)10-8-15)14-23-21(27)18-6-3-11-25(18)20(26)13-17-5-4-12-28-17/h4-5,7-10,12,18-19H,3,6,11,13-14H2,1-2H3,(H,23,27). The lowest BCUT2D eigenvalue weighted by atomic mass is 10.1. The Morgan fingerprint density at radius 2 is 2.04 bits per heavy atom. The summed E-state index contributed by atoms with van der Waals surface area (Å²) in [5, 5.41) is 4.95. The maximum atomic E-state index is 13.2. The lowest BCUT2D eigenvalue weighted by Crippen LogP contribution is -2.48. The Labute approximate surface area is 169 Å². The minimum absolute atomic E-state index is 0.00259. The SMILES string of the molecule is CN(C)C(CNC(=O)C1CCCN1C(=O)Cc1cccs1)c1ccc(F)cc1. The number of thiophene rings is 1. The van der Waals surface area contributed by atoms with Gasteiger partial charge in [-0.15, -0.1) is 11.3 Å². The monoisotopic (exact) mass is 403 g/mol. The van der Waals surface area contributed by atoms with Gasteiger partial charge in [-0.2, -0.15) is 0 Å². The van der Waals surface area contributed by atoms with Gasteiger partial charge in [-0.05, 0) is 56.1 Å². The van der Waals surface area contributed by atoms with Crippen molar-refractivity contribution in [2.75, 3.05) is 27.2 Å². The zero-order chi connectivity index (χ0) is 20.1. The molecular weight excluding hydrogens is 377 g/mol. The van der Waals surface area contributed by atoms with Gasteiger partial charge in [-0.25, -0.2) is 4.39 Å². The number of amides is 2. The molecule has 1 aliphatic rings. The van der Waals surface area contributed by atoms with E-state index < -0.39 is 6.04 Å². The number of carbonyl (C=O) groups excluding carboxylic acids is 2. The molecule has 2 unspecified atom stereocenters. The third-order valence-electron chi connectivity index (χ3n) is 5.13. The van der Waals surface area contributed by atoms with Crippen LogP contribution in [0.5, 0.6) is 0 Å². The highest BCUT2D eigenvalue weighted by molar-refractivity contribution is 7.10. The highest BCUT2D eigenvalue weighted by atomic mass is 32.1. The van der Waals surface area contributed by atoms with Crippen LogP contribution < -0.4 is 5.32 Å². The summed E-state index contributed by atoms with van der Waals surface area (Å²) in [6, 6.07) is 9.71. The number of halogens is 1. The number of nitrogens with zero attached hydrogens (tertiary/aromatic N) is 2. The molecule has 28 heavy (non-hydrogen) atoms. The number of likely N-dealkylation sites (N-methyl/N-ethyl adjacent to an activating group) is 1. The van der Waals surface area contributed by atoms with E-state index in [9.17, 15) is 14.0 Å². The maximum Gasteiger partial charge on any atom is 0.242 e. The summed E-state index contributed by atoms with van der Waals surface area (Å²) in [6.07, 6.45) is 1.87. The van der Waals surface area contributed by atoms with Crippen molar-refractivity contribution in [1.29, 1.82) is 0 Å². The number of hydrogen-bond acceptors (Lipinski definition) is 4. The van der Waals surface area contributed by atoms with Crippen LogP contribution in [-0.2, 0) is 16.0 Å². The van der Waals surface area contributed by atoms with E-state index in [0.29, 0.717) is 25.9 Å². The molecular formula is C21H26FN3O2S. The van der Waals surface area contributed by atoms with Crippen LogP contribution in [0.4, 0.5) is 4.39 Å². The minimum Gasteiger partial charge on any atom is -0.352 e. The van der Waals surface area contributed by atoms with Gasteiger partial charge in [0.25, 0.3) is 0 Å². The first-order valence-electron chi connectivity index (χ1n) is 9.47. The predicted octanol–water partition coefficient (Wildman–Crippen LogP) is 2.84. The molecule has 1 N–H and O–H groups in total. The molecule has 1 aliphatic heterocycles. The molecule has 0 radical (unpaired) electrons. The smallest absolute Gasteiger partial charge is 0.242 e. The van der Waals surface area contributed by atoms with Crippen molar-refractivity contribution in [3.05, 3.63) is 58.0 Å². The molecule has 2 amide bonds. The van der Waals surface area contributed by atoms with Gasteiger partial charge in [0.2, 0.25) is 11.8 Å². The molecule has 2 aromatic rings. The molecule has 1 aromatic heterocycles. The van der Waals surface area contributed by atoms with Gasteiger partial charge in [-0.1, -0.05) is 18.2 Å². The molecule has 0 saturated carbocycles. The first kappa shape index (κ1) is 20.5. The fourth-order valence-corrected chi connectivity index (χ4v) is 4.30. The molecule has 7 heteroatoms. The second kappa shape index (κ2) is 9.30. The van der Waals surface area contributed by atoms with E-state index in [-0.39, 0.29) is 23.7 Å². The van der Waals surface area contributed by atoms with E-state index in [1.165, 1.54) is 12.1 Å². The zero-order valence-corrected chi connectivity index (χ0v) is 17.0. The van der Waals surface area contributed by atoms with Crippen LogP contribution in [0.25, 0.3) is 0 Å². The highest BCUT2D eigenvalue weighted by Crippen LogP contribution is 2.22. The van der Waals surface area contributed by atoms with Gasteiger partial charge in [-0.3, -0.25) is 9.59 Å². The Kier molecular flexibility index (Phi) is 6.80. The Bertz CT molecular complexity index is 792. The molecule has 1 saturated heterocycles. The van der Waals surface area contributed by atoms with Crippen LogP contribution in [0.15, 0.2) is 41.8 Å². The van der Waals surface area contributed by atoms with Gasteiger partial charge in [0, 0.05) is 18.0 Å². The van der Waals surface area contributed by atoms with Crippen LogP contribution in [0.2, 0.25) is 0 Å². The maximum absolute atomic E-state index is 13.2. The van der Waals surface area contributed by atoms with Gasteiger partial charge in [0.05, 0.1) is 12.5 Å². The average Bonchev–Trinajstić information content (AvgIpc) is 3.34. The number of likely N-dealkylation sites (tertiary alicyclic amines) is 1. The minimum atomic E-state index is -0.413. The summed E-state index contributed by atoms with van der Waals surface area (Å²) in [7, 11) is 3.85.